The van der Waals surface area contributed by atoms with Crippen molar-refractivity contribution < 1.29 is 0 Å². The molecular formula is C9H14N2. The van der Waals surface area contributed by atoms with E-state index < -0.39 is 0 Å². The highest BCUT2D eigenvalue weighted by atomic mass is 14.6. The maximum absolute atomic E-state index is 8.29. The lowest BCUT2D eigenvalue weighted by Gasteiger charge is -2.23. The van der Waals surface area contributed by atoms with E-state index in [1.54, 1.807) is 6.08 Å². The van der Waals surface area contributed by atoms with E-state index in [0.29, 0.717) is 12.0 Å². The molecule has 1 saturated carbocycles. The predicted molar refractivity (Wildman–Crippen MR) is 44.7 cm³/mol. The van der Waals surface area contributed by atoms with Gasteiger partial charge < -0.3 is 5.73 Å². The van der Waals surface area contributed by atoms with Crippen LogP contribution in [-0.4, -0.2) is 6.04 Å². The molecule has 0 aromatic heterocycles. The van der Waals surface area contributed by atoms with E-state index in [1.165, 1.54) is 12.8 Å². The Bertz CT molecular complexity index is 178. The fraction of sp³-hybridized carbons (Fsp3) is 0.667. The minimum Gasteiger partial charge on any atom is -0.328 e. The fourth-order valence-corrected chi connectivity index (χ4v) is 1.62. The summed E-state index contributed by atoms with van der Waals surface area (Å²) in [5.41, 5.74) is 5.78. The molecule has 60 valence electrons. The van der Waals surface area contributed by atoms with E-state index in [0.717, 1.165) is 12.8 Å². The molecule has 0 aromatic rings. The molecule has 2 heteroatoms. The molecule has 2 nitrogen and oxygen atoms in total. The first kappa shape index (κ1) is 8.29. The zero-order chi connectivity index (χ0) is 8.10. The second-order valence-corrected chi connectivity index (χ2v) is 3.17. The quantitative estimate of drug-likeness (QED) is 0.577. The molecule has 0 amide bonds. The van der Waals surface area contributed by atoms with Crippen molar-refractivity contribution in [1.82, 2.24) is 0 Å². The van der Waals surface area contributed by atoms with E-state index in [2.05, 4.69) is 0 Å². The van der Waals surface area contributed by atoms with Crippen LogP contribution in [0.3, 0.4) is 0 Å². The minimum atomic E-state index is 0.358. The van der Waals surface area contributed by atoms with Crippen molar-refractivity contribution in [2.24, 2.45) is 11.7 Å². The van der Waals surface area contributed by atoms with Gasteiger partial charge in [0.05, 0.1) is 6.07 Å². The zero-order valence-corrected chi connectivity index (χ0v) is 6.66. The summed E-state index contributed by atoms with van der Waals surface area (Å²) in [5.74, 6) is 0.554. The van der Waals surface area contributed by atoms with Crippen molar-refractivity contribution in [3.8, 4) is 6.07 Å². The van der Waals surface area contributed by atoms with Crippen LogP contribution in [0.4, 0.5) is 0 Å². The second-order valence-electron chi connectivity index (χ2n) is 3.17. The monoisotopic (exact) mass is 150 g/mol. The molecule has 1 fully saturated rings. The smallest absolute Gasteiger partial charge is 0.0908 e. The highest BCUT2D eigenvalue weighted by Gasteiger charge is 2.16. The number of allylic oxidation sites excluding steroid dienone is 2. The molecule has 0 unspecified atom stereocenters. The first-order valence-corrected chi connectivity index (χ1v) is 4.15. The third-order valence-electron chi connectivity index (χ3n) is 2.20. The molecule has 0 heterocycles. The summed E-state index contributed by atoms with van der Waals surface area (Å²) in [6.07, 6.45) is 8.17. The van der Waals surface area contributed by atoms with Gasteiger partial charge in [-0.25, -0.2) is 0 Å². The SMILES string of the molecule is N#C/C=C/[C@H]1CCC[C@@H](N)C1. The number of hydrogen-bond donors (Lipinski definition) is 1. The molecule has 0 aromatic carbocycles. The van der Waals surface area contributed by atoms with Gasteiger partial charge >= 0.3 is 0 Å². The highest BCUT2D eigenvalue weighted by Crippen LogP contribution is 2.23. The van der Waals surface area contributed by atoms with Gasteiger partial charge in [-0.15, -0.1) is 0 Å². The Morgan fingerprint density at radius 1 is 1.45 bits per heavy atom. The first-order valence-electron chi connectivity index (χ1n) is 4.15. The number of hydrogen-bond acceptors (Lipinski definition) is 2. The Kier molecular flexibility index (Phi) is 3.13. The third-order valence-corrected chi connectivity index (χ3v) is 2.20. The molecule has 1 rings (SSSR count). The maximum atomic E-state index is 8.29. The molecule has 0 radical (unpaired) electrons. The van der Waals surface area contributed by atoms with Gasteiger partial charge in [-0.3, -0.25) is 0 Å². The lowest BCUT2D eigenvalue weighted by molar-refractivity contribution is 0.372. The van der Waals surface area contributed by atoms with Gasteiger partial charge in [0.1, 0.15) is 0 Å². The zero-order valence-electron chi connectivity index (χ0n) is 6.66. The lowest BCUT2D eigenvalue weighted by Crippen LogP contribution is -2.26. The van der Waals surface area contributed by atoms with Gasteiger partial charge in [-0.05, 0) is 25.2 Å². The summed E-state index contributed by atoms with van der Waals surface area (Å²) in [7, 11) is 0. The van der Waals surface area contributed by atoms with Gasteiger partial charge in [0, 0.05) is 12.1 Å². The average Bonchev–Trinajstić information content (AvgIpc) is 2.01. The topological polar surface area (TPSA) is 49.8 Å². The normalized spacial score (nSPS) is 32.0. The lowest BCUT2D eigenvalue weighted by atomic mass is 9.86. The molecule has 0 aliphatic heterocycles. The van der Waals surface area contributed by atoms with Gasteiger partial charge in [-0.2, -0.15) is 5.26 Å². The van der Waals surface area contributed by atoms with Crippen molar-refractivity contribution in [3.63, 3.8) is 0 Å². The Hall–Kier alpha value is -0.810. The number of nitrogens with zero attached hydrogens (tertiary/aromatic N) is 1. The number of nitrogens with two attached hydrogens (primary N) is 1. The standard InChI is InChI=1S/C9H14N2/c10-6-2-4-8-3-1-5-9(11)7-8/h2,4,8-9H,1,3,5,7,11H2/b4-2+/t8-,9-/m1/s1. The van der Waals surface area contributed by atoms with Crippen molar-refractivity contribution in [2.75, 3.05) is 0 Å². The largest absolute Gasteiger partial charge is 0.328 e. The van der Waals surface area contributed by atoms with E-state index in [9.17, 15) is 0 Å². The first-order chi connectivity index (χ1) is 5.33. The number of rotatable bonds is 1. The van der Waals surface area contributed by atoms with E-state index in [4.69, 9.17) is 11.0 Å². The van der Waals surface area contributed by atoms with E-state index in [-0.39, 0.29) is 0 Å². The second kappa shape index (κ2) is 4.15. The average molecular weight is 150 g/mol. The maximum Gasteiger partial charge on any atom is 0.0908 e. The molecule has 11 heavy (non-hydrogen) atoms. The summed E-state index contributed by atoms with van der Waals surface area (Å²) in [6.45, 7) is 0. The predicted octanol–water partition coefficient (Wildman–Crippen LogP) is 1.58. The molecule has 0 saturated heterocycles. The van der Waals surface area contributed by atoms with Crippen molar-refractivity contribution in [2.45, 2.75) is 31.7 Å². The molecule has 1 aliphatic carbocycles. The van der Waals surface area contributed by atoms with Crippen molar-refractivity contribution >= 4 is 0 Å². The fourth-order valence-electron chi connectivity index (χ4n) is 1.62. The van der Waals surface area contributed by atoms with E-state index in [1.807, 2.05) is 12.1 Å². The Balaban J connectivity index is 2.35. The van der Waals surface area contributed by atoms with Crippen LogP contribution in [0.25, 0.3) is 0 Å². The summed E-state index contributed by atoms with van der Waals surface area (Å²) < 4.78 is 0. The molecule has 2 N–H and O–H groups in total. The molecule has 0 spiro atoms. The van der Waals surface area contributed by atoms with Crippen LogP contribution in [0.1, 0.15) is 25.7 Å². The Labute approximate surface area is 67.7 Å². The van der Waals surface area contributed by atoms with Gasteiger partial charge in [0.15, 0.2) is 0 Å². The van der Waals surface area contributed by atoms with Crippen LogP contribution in [0.2, 0.25) is 0 Å². The van der Waals surface area contributed by atoms with Crippen LogP contribution in [-0.2, 0) is 0 Å². The van der Waals surface area contributed by atoms with Crippen LogP contribution in [0, 0.1) is 17.2 Å². The Morgan fingerprint density at radius 2 is 2.27 bits per heavy atom. The third kappa shape index (κ3) is 2.73. The number of nitriles is 1. The molecule has 0 bridgehead atoms. The summed E-state index contributed by atoms with van der Waals surface area (Å²) in [4.78, 5) is 0. The summed E-state index contributed by atoms with van der Waals surface area (Å²) in [5, 5.41) is 8.29. The van der Waals surface area contributed by atoms with Crippen molar-refractivity contribution in [1.29, 1.82) is 5.26 Å². The van der Waals surface area contributed by atoms with Gasteiger partial charge in [0.2, 0.25) is 0 Å². The van der Waals surface area contributed by atoms with Gasteiger partial charge in [-0.1, -0.05) is 12.5 Å². The molecular weight excluding hydrogens is 136 g/mol. The van der Waals surface area contributed by atoms with Crippen LogP contribution in [0.5, 0.6) is 0 Å². The van der Waals surface area contributed by atoms with Crippen LogP contribution in [0.15, 0.2) is 12.2 Å². The minimum absolute atomic E-state index is 0.358. The summed E-state index contributed by atoms with van der Waals surface area (Å²) >= 11 is 0. The van der Waals surface area contributed by atoms with E-state index >= 15 is 0 Å². The van der Waals surface area contributed by atoms with Crippen LogP contribution >= 0.6 is 0 Å². The molecule has 2 atom stereocenters. The van der Waals surface area contributed by atoms with Crippen molar-refractivity contribution in [3.05, 3.63) is 12.2 Å². The Morgan fingerprint density at radius 3 is 2.91 bits per heavy atom. The van der Waals surface area contributed by atoms with Crippen LogP contribution < -0.4 is 5.73 Å². The van der Waals surface area contributed by atoms with Gasteiger partial charge in [0.25, 0.3) is 0 Å². The highest BCUT2D eigenvalue weighted by molar-refractivity contribution is 5.04. The molecule has 1 aliphatic rings. The summed E-state index contributed by atoms with van der Waals surface area (Å²) in [6, 6.07) is 2.37.